The van der Waals surface area contributed by atoms with Crippen molar-refractivity contribution in [1.82, 2.24) is 9.21 Å². The lowest BCUT2D eigenvalue weighted by Crippen LogP contribution is -2.47. The monoisotopic (exact) mass is 437 g/mol. The van der Waals surface area contributed by atoms with Gasteiger partial charge in [0.15, 0.2) is 0 Å². The van der Waals surface area contributed by atoms with Crippen molar-refractivity contribution in [2.45, 2.75) is 45.9 Å². The van der Waals surface area contributed by atoms with Crippen LogP contribution in [0.3, 0.4) is 0 Å². The number of aryl methyl sites for hydroxylation is 2. The Morgan fingerprint density at radius 2 is 1.71 bits per heavy atom. The van der Waals surface area contributed by atoms with E-state index in [1.54, 1.807) is 18.0 Å². The minimum absolute atomic E-state index is 0.00108. The van der Waals surface area contributed by atoms with Crippen molar-refractivity contribution < 1.29 is 9.53 Å². The molecule has 0 aromatic heterocycles. The maximum atomic E-state index is 12.5. The predicted molar refractivity (Wildman–Crippen MR) is 125 cm³/mol. The van der Waals surface area contributed by atoms with E-state index in [0.717, 1.165) is 40.6 Å². The Morgan fingerprint density at radius 3 is 2.29 bits per heavy atom. The number of amides is 1. The zero-order valence-electron chi connectivity index (χ0n) is 19.1. The van der Waals surface area contributed by atoms with Gasteiger partial charge in [-0.1, -0.05) is 26.8 Å². The fraction of sp³-hybridized carbons (Fsp3) is 0.440. The Hall–Kier alpha value is -2.49. The fourth-order valence-corrected chi connectivity index (χ4v) is 4.59. The molecular formula is C25H31N3O2S. The highest BCUT2D eigenvalue weighted by Crippen LogP contribution is 2.36. The molecule has 1 aliphatic heterocycles. The molecule has 0 radical (unpaired) electrons. The largest absolute Gasteiger partial charge is 0.456 e. The van der Waals surface area contributed by atoms with Crippen LogP contribution in [0.2, 0.25) is 0 Å². The van der Waals surface area contributed by atoms with Gasteiger partial charge >= 0.3 is 0 Å². The molecule has 2 aromatic rings. The Labute approximate surface area is 190 Å². The Kier molecular flexibility index (Phi) is 7.30. The van der Waals surface area contributed by atoms with Crippen LogP contribution in [0.25, 0.3) is 0 Å². The minimum Gasteiger partial charge on any atom is -0.456 e. The van der Waals surface area contributed by atoms with Gasteiger partial charge in [0.2, 0.25) is 5.91 Å². The van der Waals surface area contributed by atoms with Crippen LogP contribution < -0.4 is 4.74 Å². The molecule has 0 aliphatic carbocycles. The summed E-state index contributed by atoms with van der Waals surface area (Å²) >= 11 is 1.59. The van der Waals surface area contributed by atoms with Crippen molar-refractivity contribution in [2.75, 3.05) is 26.2 Å². The van der Waals surface area contributed by atoms with Gasteiger partial charge in [-0.05, 0) is 72.7 Å². The summed E-state index contributed by atoms with van der Waals surface area (Å²) in [5, 5.41) is 9.35. The molecule has 1 aliphatic rings. The Balaban J connectivity index is 1.70. The van der Waals surface area contributed by atoms with Gasteiger partial charge < -0.3 is 9.64 Å². The molecule has 6 heteroatoms. The summed E-state index contributed by atoms with van der Waals surface area (Å²) in [5.41, 5.74) is 2.90. The highest BCUT2D eigenvalue weighted by atomic mass is 32.2. The second-order valence-electron chi connectivity index (χ2n) is 9.34. The molecule has 0 N–H and O–H groups in total. The quantitative estimate of drug-likeness (QED) is 0.574. The first-order chi connectivity index (χ1) is 14.6. The lowest BCUT2D eigenvalue weighted by molar-refractivity contribution is -0.134. The van der Waals surface area contributed by atoms with E-state index in [2.05, 4.69) is 51.1 Å². The molecule has 2 aromatic carbocycles. The van der Waals surface area contributed by atoms with Crippen molar-refractivity contribution in [2.24, 2.45) is 5.41 Å². The standard InChI is InChI=1S/C25H31N3O2S/c1-18-12-19(2)14-21(13-18)30-22-7-6-20(17-26)15-23(22)31-28-10-8-27(9-11-28)24(29)16-25(3,4)5/h6-7,12-15H,8-11,16H2,1-5H3. The molecular weight excluding hydrogens is 406 g/mol. The molecule has 0 unspecified atom stereocenters. The summed E-state index contributed by atoms with van der Waals surface area (Å²) in [7, 11) is 0. The van der Waals surface area contributed by atoms with Crippen molar-refractivity contribution in [3.63, 3.8) is 0 Å². The summed E-state index contributed by atoms with van der Waals surface area (Å²) in [4.78, 5) is 15.4. The number of nitriles is 1. The molecule has 1 saturated heterocycles. The lowest BCUT2D eigenvalue weighted by Gasteiger charge is -2.35. The maximum absolute atomic E-state index is 12.5. The summed E-state index contributed by atoms with van der Waals surface area (Å²) in [6.07, 6.45) is 0.568. The highest BCUT2D eigenvalue weighted by molar-refractivity contribution is 7.97. The first-order valence-electron chi connectivity index (χ1n) is 10.6. The number of rotatable bonds is 5. The van der Waals surface area contributed by atoms with Crippen LogP contribution in [0.1, 0.15) is 43.9 Å². The summed E-state index contributed by atoms with van der Waals surface area (Å²) in [5.74, 6) is 1.75. The number of piperazine rings is 1. The molecule has 1 amide bonds. The highest BCUT2D eigenvalue weighted by Gasteiger charge is 2.25. The first kappa shape index (κ1) is 23.2. The van der Waals surface area contributed by atoms with E-state index in [4.69, 9.17) is 4.74 Å². The third-order valence-corrected chi connectivity index (χ3v) is 6.14. The van der Waals surface area contributed by atoms with Crippen LogP contribution in [0, 0.1) is 30.6 Å². The Morgan fingerprint density at radius 1 is 1.06 bits per heavy atom. The second-order valence-corrected chi connectivity index (χ2v) is 10.5. The average molecular weight is 438 g/mol. The SMILES string of the molecule is Cc1cc(C)cc(Oc2ccc(C#N)cc2SN2CCN(C(=O)CC(C)(C)C)CC2)c1. The van der Waals surface area contributed by atoms with Crippen molar-refractivity contribution in [1.29, 1.82) is 5.26 Å². The summed E-state index contributed by atoms with van der Waals surface area (Å²) in [6, 6.07) is 13.9. The molecule has 0 bridgehead atoms. The van der Waals surface area contributed by atoms with E-state index in [0.29, 0.717) is 25.1 Å². The molecule has 1 heterocycles. The van der Waals surface area contributed by atoms with Crippen LogP contribution in [-0.2, 0) is 4.79 Å². The van der Waals surface area contributed by atoms with Gasteiger partial charge in [-0.3, -0.25) is 4.79 Å². The first-order valence-corrected chi connectivity index (χ1v) is 11.4. The smallest absolute Gasteiger partial charge is 0.223 e. The summed E-state index contributed by atoms with van der Waals surface area (Å²) in [6.45, 7) is 13.4. The molecule has 1 fully saturated rings. The maximum Gasteiger partial charge on any atom is 0.223 e. The number of hydrogen-bond acceptors (Lipinski definition) is 5. The second kappa shape index (κ2) is 9.76. The van der Waals surface area contributed by atoms with Gasteiger partial charge in [0, 0.05) is 32.6 Å². The summed E-state index contributed by atoms with van der Waals surface area (Å²) < 4.78 is 8.45. The topological polar surface area (TPSA) is 56.6 Å². The van der Waals surface area contributed by atoms with Crippen molar-refractivity contribution in [3.05, 3.63) is 53.1 Å². The van der Waals surface area contributed by atoms with Gasteiger partial charge in [0.1, 0.15) is 11.5 Å². The van der Waals surface area contributed by atoms with Crippen LogP contribution in [0.5, 0.6) is 11.5 Å². The normalized spacial score (nSPS) is 14.9. The van der Waals surface area contributed by atoms with Crippen molar-refractivity contribution >= 4 is 17.9 Å². The third kappa shape index (κ3) is 6.75. The number of carbonyl (C=O) groups excluding carboxylic acids is 1. The van der Waals surface area contributed by atoms with Gasteiger partial charge in [-0.15, -0.1) is 0 Å². The third-order valence-electron chi connectivity index (χ3n) is 5.00. The van der Waals surface area contributed by atoms with Crippen molar-refractivity contribution in [3.8, 4) is 17.6 Å². The van der Waals surface area contributed by atoms with E-state index in [9.17, 15) is 10.1 Å². The molecule has 0 saturated carbocycles. The van der Waals surface area contributed by atoms with E-state index < -0.39 is 0 Å². The fourth-order valence-electron chi connectivity index (χ4n) is 3.59. The van der Waals surface area contributed by atoms with Crippen LogP contribution in [-0.4, -0.2) is 41.3 Å². The number of benzene rings is 2. The molecule has 5 nitrogen and oxygen atoms in total. The van der Waals surface area contributed by atoms with Gasteiger partial charge in [-0.25, -0.2) is 4.31 Å². The Bertz CT molecular complexity index is 963. The number of hydrogen-bond donors (Lipinski definition) is 0. The molecule has 31 heavy (non-hydrogen) atoms. The number of nitrogens with zero attached hydrogens (tertiary/aromatic N) is 3. The lowest BCUT2D eigenvalue weighted by atomic mass is 9.91. The van der Waals surface area contributed by atoms with E-state index in [-0.39, 0.29) is 11.3 Å². The molecule has 0 atom stereocenters. The van der Waals surface area contributed by atoms with E-state index in [1.807, 2.05) is 29.2 Å². The zero-order chi connectivity index (χ0) is 22.6. The van der Waals surface area contributed by atoms with Crippen LogP contribution in [0.15, 0.2) is 41.3 Å². The van der Waals surface area contributed by atoms with Gasteiger partial charge in [0.25, 0.3) is 0 Å². The minimum atomic E-state index is 0.00108. The zero-order valence-corrected chi connectivity index (χ0v) is 19.9. The molecule has 164 valence electrons. The molecule has 0 spiro atoms. The van der Waals surface area contributed by atoms with E-state index >= 15 is 0 Å². The van der Waals surface area contributed by atoms with Crippen LogP contribution in [0.4, 0.5) is 0 Å². The van der Waals surface area contributed by atoms with Crippen LogP contribution >= 0.6 is 11.9 Å². The molecule has 3 rings (SSSR count). The number of carbonyl (C=O) groups is 1. The van der Waals surface area contributed by atoms with Gasteiger partial charge in [-0.2, -0.15) is 5.26 Å². The van der Waals surface area contributed by atoms with E-state index in [1.165, 1.54) is 0 Å². The predicted octanol–water partition coefficient (Wildman–Crippen LogP) is 5.55. The van der Waals surface area contributed by atoms with Gasteiger partial charge in [0.05, 0.1) is 16.5 Å². The average Bonchev–Trinajstić information content (AvgIpc) is 2.67. The number of ether oxygens (including phenoxy) is 1.